The Hall–Kier alpha value is -2.94. The van der Waals surface area contributed by atoms with E-state index in [2.05, 4.69) is 25.4 Å². The molecule has 28 heavy (non-hydrogen) atoms. The van der Waals surface area contributed by atoms with Crippen molar-refractivity contribution in [3.63, 3.8) is 0 Å². The zero-order valence-electron chi connectivity index (χ0n) is 15.0. The van der Waals surface area contributed by atoms with Crippen LogP contribution in [0.1, 0.15) is 36.9 Å². The number of fused-ring (bicyclic) bond motifs is 1. The van der Waals surface area contributed by atoms with Crippen molar-refractivity contribution in [1.82, 2.24) is 24.6 Å². The second-order valence-corrected chi connectivity index (χ2v) is 6.36. The summed E-state index contributed by atoms with van der Waals surface area (Å²) in [6, 6.07) is 3.42. The number of nitrogens with zero attached hydrogens (tertiary/aromatic N) is 5. The smallest absolute Gasteiger partial charge is 0.299 e. The average Bonchev–Trinajstić information content (AvgIpc) is 3.11. The molecule has 7 nitrogen and oxygen atoms in total. The Bertz CT molecular complexity index is 1020. The first kappa shape index (κ1) is 19.8. The Morgan fingerprint density at radius 3 is 2.89 bits per heavy atom. The van der Waals surface area contributed by atoms with Crippen molar-refractivity contribution in [1.29, 1.82) is 5.41 Å². The van der Waals surface area contributed by atoms with E-state index in [0.29, 0.717) is 40.7 Å². The Labute approximate surface area is 165 Å². The van der Waals surface area contributed by atoms with Gasteiger partial charge in [0.1, 0.15) is 12.1 Å². The van der Waals surface area contributed by atoms with Crippen LogP contribution in [0.2, 0.25) is 5.02 Å². The molecule has 0 unspecified atom stereocenters. The number of aryl methyl sites for hydroxylation is 1. The van der Waals surface area contributed by atoms with Gasteiger partial charge in [-0.1, -0.05) is 24.9 Å². The molecule has 0 radical (unpaired) electrons. The molecule has 0 aliphatic carbocycles. The summed E-state index contributed by atoms with van der Waals surface area (Å²) in [6.45, 7) is 1.98. The number of halogens is 3. The van der Waals surface area contributed by atoms with Gasteiger partial charge >= 0.3 is 0 Å². The number of aromatic nitrogens is 5. The van der Waals surface area contributed by atoms with Crippen molar-refractivity contribution >= 4 is 29.3 Å². The van der Waals surface area contributed by atoms with Gasteiger partial charge in [-0.2, -0.15) is 0 Å². The van der Waals surface area contributed by atoms with Gasteiger partial charge in [0.25, 0.3) is 6.43 Å². The highest BCUT2D eigenvalue weighted by Crippen LogP contribution is 2.23. The lowest BCUT2D eigenvalue weighted by Crippen LogP contribution is -2.10. The minimum atomic E-state index is -2.75. The van der Waals surface area contributed by atoms with Crippen molar-refractivity contribution in [3.8, 4) is 0 Å². The molecule has 0 aromatic carbocycles. The van der Waals surface area contributed by atoms with Crippen LogP contribution in [0, 0.1) is 5.41 Å². The maximum Gasteiger partial charge on any atom is 0.299 e. The summed E-state index contributed by atoms with van der Waals surface area (Å²) >= 11 is 6.15. The largest absolute Gasteiger partial charge is 0.342 e. The fourth-order valence-corrected chi connectivity index (χ4v) is 2.93. The van der Waals surface area contributed by atoms with Crippen LogP contribution in [0.4, 0.5) is 14.6 Å². The third-order valence-electron chi connectivity index (χ3n) is 3.96. The van der Waals surface area contributed by atoms with E-state index in [1.165, 1.54) is 10.8 Å². The molecule has 3 heterocycles. The molecule has 0 amide bonds. The van der Waals surface area contributed by atoms with Crippen molar-refractivity contribution < 1.29 is 8.78 Å². The molecule has 0 saturated heterocycles. The molecule has 3 aromatic heterocycles. The van der Waals surface area contributed by atoms with Gasteiger partial charge in [0.15, 0.2) is 5.65 Å². The lowest BCUT2D eigenvalue weighted by Gasteiger charge is -2.13. The first-order valence-electron chi connectivity index (χ1n) is 8.61. The second kappa shape index (κ2) is 8.83. The third-order valence-corrected chi connectivity index (χ3v) is 4.27. The number of anilines is 1. The van der Waals surface area contributed by atoms with Crippen molar-refractivity contribution in [3.05, 3.63) is 58.5 Å². The Morgan fingerprint density at radius 1 is 1.39 bits per heavy atom. The standard InChI is InChI=1S/C18H18ClF2N7/c1-2-4-12-14(24-10-28-18(12)26-17(27-28)15(20)21)9-11(6-7-22)25-16-13(19)5-3-8-23-16/h3,5-8,10,15,22H,2,4,9H2,1H3,(H,23,25)/b11-6-,22-7?. The molecule has 3 rings (SSSR count). The lowest BCUT2D eigenvalue weighted by molar-refractivity contribution is 0.140. The van der Waals surface area contributed by atoms with E-state index in [4.69, 9.17) is 17.0 Å². The highest BCUT2D eigenvalue weighted by molar-refractivity contribution is 6.32. The van der Waals surface area contributed by atoms with E-state index >= 15 is 0 Å². The third kappa shape index (κ3) is 4.30. The van der Waals surface area contributed by atoms with Gasteiger partial charge in [0.2, 0.25) is 5.82 Å². The summed E-state index contributed by atoms with van der Waals surface area (Å²) in [5.74, 6) is -0.0668. The Kier molecular flexibility index (Phi) is 6.25. The van der Waals surface area contributed by atoms with E-state index in [9.17, 15) is 8.78 Å². The van der Waals surface area contributed by atoms with E-state index in [1.54, 1.807) is 24.4 Å². The minimum absolute atomic E-state index is 0.324. The number of hydrogen-bond donors (Lipinski definition) is 2. The van der Waals surface area contributed by atoms with Gasteiger partial charge in [-0.3, -0.25) is 0 Å². The van der Waals surface area contributed by atoms with Gasteiger partial charge < -0.3 is 10.7 Å². The molecule has 0 spiro atoms. The molecule has 0 saturated carbocycles. The van der Waals surface area contributed by atoms with E-state index in [-0.39, 0.29) is 0 Å². The van der Waals surface area contributed by atoms with Gasteiger partial charge in [-0.15, -0.1) is 5.10 Å². The summed E-state index contributed by atoms with van der Waals surface area (Å²) < 4.78 is 27.3. The van der Waals surface area contributed by atoms with Crippen LogP contribution in [0.5, 0.6) is 0 Å². The van der Waals surface area contributed by atoms with Crippen LogP contribution < -0.4 is 5.32 Å². The maximum atomic E-state index is 13.0. The monoisotopic (exact) mass is 405 g/mol. The highest BCUT2D eigenvalue weighted by atomic mass is 35.5. The van der Waals surface area contributed by atoms with Crippen LogP contribution in [-0.2, 0) is 12.8 Å². The number of hydrogen-bond acceptors (Lipinski definition) is 6. The molecule has 146 valence electrons. The summed E-state index contributed by atoms with van der Waals surface area (Å²) in [5, 5.41) is 14.7. The minimum Gasteiger partial charge on any atom is -0.342 e. The molecule has 0 bridgehead atoms. The molecule has 3 aromatic rings. The first-order valence-corrected chi connectivity index (χ1v) is 8.99. The summed E-state index contributed by atoms with van der Waals surface area (Å²) in [7, 11) is 0. The van der Waals surface area contributed by atoms with Crippen LogP contribution in [0.3, 0.4) is 0 Å². The topological polar surface area (TPSA) is 91.9 Å². The Morgan fingerprint density at radius 2 is 2.21 bits per heavy atom. The van der Waals surface area contributed by atoms with Crippen LogP contribution >= 0.6 is 11.6 Å². The van der Waals surface area contributed by atoms with Crippen molar-refractivity contribution in [2.24, 2.45) is 0 Å². The molecule has 0 atom stereocenters. The van der Waals surface area contributed by atoms with Crippen molar-refractivity contribution in [2.45, 2.75) is 32.6 Å². The first-order chi connectivity index (χ1) is 13.5. The van der Waals surface area contributed by atoms with E-state index in [1.807, 2.05) is 6.92 Å². The number of alkyl halides is 2. The summed E-state index contributed by atoms with van der Waals surface area (Å²) in [4.78, 5) is 12.6. The number of rotatable bonds is 8. The summed E-state index contributed by atoms with van der Waals surface area (Å²) in [5.41, 5.74) is 2.41. The van der Waals surface area contributed by atoms with Crippen LogP contribution in [-0.4, -0.2) is 30.8 Å². The maximum absolute atomic E-state index is 13.0. The zero-order chi connectivity index (χ0) is 20.1. The van der Waals surface area contributed by atoms with Crippen molar-refractivity contribution in [2.75, 3.05) is 5.32 Å². The van der Waals surface area contributed by atoms with Crippen LogP contribution in [0.15, 0.2) is 36.4 Å². The zero-order valence-corrected chi connectivity index (χ0v) is 15.8. The van der Waals surface area contributed by atoms with Gasteiger partial charge in [0, 0.05) is 30.1 Å². The second-order valence-electron chi connectivity index (χ2n) is 5.95. The molecule has 0 aliphatic heterocycles. The Balaban J connectivity index is 1.98. The fourth-order valence-electron chi connectivity index (χ4n) is 2.76. The van der Waals surface area contributed by atoms with E-state index in [0.717, 1.165) is 18.2 Å². The molecule has 10 heteroatoms. The number of nitrogens with one attached hydrogen (secondary N) is 2. The molecule has 0 fully saturated rings. The van der Waals surface area contributed by atoms with Crippen LogP contribution in [0.25, 0.3) is 5.65 Å². The lowest BCUT2D eigenvalue weighted by atomic mass is 10.1. The molecular weight excluding hydrogens is 388 g/mol. The van der Waals surface area contributed by atoms with Gasteiger partial charge in [0.05, 0.1) is 10.7 Å². The fraction of sp³-hybridized carbons (Fsp3) is 0.278. The SMILES string of the molecule is CCCc1c(C/C(=C/C=N)Nc2ncccc2Cl)ncn2nc(C(F)F)nc12. The number of allylic oxidation sites excluding steroid dienone is 2. The quantitative estimate of drug-likeness (QED) is 0.546. The highest BCUT2D eigenvalue weighted by Gasteiger charge is 2.19. The summed E-state index contributed by atoms with van der Waals surface area (Å²) in [6.07, 6.45) is 4.66. The molecular formula is C18H18ClF2N7. The average molecular weight is 406 g/mol. The molecule has 2 N–H and O–H groups in total. The molecule has 0 aliphatic rings. The number of pyridine rings is 1. The normalized spacial score (nSPS) is 12.0. The van der Waals surface area contributed by atoms with E-state index < -0.39 is 12.2 Å². The van der Waals surface area contributed by atoms with Gasteiger partial charge in [-0.05, 0) is 24.6 Å². The van der Waals surface area contributed by atoms with Gasteiger partial charge in [-0.25, -0.2) is 28.2 Å². The predicted molar refractivity (Wildman–Crippen MR) is 103 cm³/mol. The predicted octanol–water partition coefficient (Wildman–Crippen LogP) is 4.25.